The third kappa shape index (κ3) is 13.0. The number of carbonyl (C=O) groups excluding carboxylic acids is 2. The number of ether oxygens (including phenoxy) is 2. The molecule has 0 aliphatic rings. The van der Waals surface area contributed by atoms with Gasteiger partial charge in [0, 0.05) is 0 Å². The van der Waals surface area contributed by atoms with E-state index in [0.29, 0.717) is 19.4 Å². The van der Waals surface area contributed by atoms with Crippen LogP contribution in [0, 0.1) is 0 Å². The zero-order valence-corrected chi connectivity index (χ0v) is 15.5. The second kappa shape index (κ2) is 16.3. The van der Waals surface area contributed by atoms with Crippen molar-refractivity contribution in [1.29, 1.82) is 0 Å². The first-order valence-electron chi connectivity index (χ1n) is 9.36. The quantitative estimate of drug-likeness (QED) is 0.265. The standard InChI is InChI=1S/C19H35NO4/c1-4-7-9-10-11-12-13-16-23-18(21)17(14-6-3)20-19(22)24-15-8-5-2/h5,17H,2,4,6-16H2,1,3H3,(H,20,22)/t17-/m0/s1. The van der Waals surface area contributed by atoms with Gasteiger partial charge < -0.3 is 14.8 Å². The summed E-state index contributed by atoms with van der Waals surface area (Å²) < 4.78 is 10.3. The summed E-state index contributed by atoms with van der Waals surface area (Å²) in [5, 5.41) is 2.58. The molecule has 0 aromatic rings. The fourth-order valence-electron chi connectivity index (χ4n) is 2.29. The second-order valence-electron chi connectivity index (χ2n) is 5.99. The van der Waals surface area contributed by atoms with Crippen LogP contribution in [0.1, 0.15) is 78.1 Å². The third-order valence-electron chi connectivity index (χ3n) is 3.70. The van der Waals surface area contributed by atoms with Crippen molar-refractivity contribution in [3.8, 4) is 0 Å². The highest BCUT2D eigenvalue weighted by atomic mass is 16.6. The van der Waals surface area contributed by atoms with Gasteiger partial charge in [-0.25, -0.2) is 9.59 Å². The Kier molecular flexibility index (Phi) is 15.3. The molecule has 140 valence electrons. The van der Waals surface area contributed by atoms with Gasteiger partial charge in [0.05, 0.1) is 13.2 Å². The molecule has 0 heterocycles. The van der Waals surface area contributed by atoms with Gasteiger partial charge in [-0.05, 0) is 19.3 Å². The minimum Gasteiger partial charge on any atom is -0.464 e. The molecule has 0 saturated heterocycles. The summed E-state index contributed by atoms with van der Waals surface area (Å²) in [6.45, 7) is 8.41. The Morgan fingerprint density at radius 3 is 2.25 bits per heavy atom. The van der Waals surface area contributed by atoms with E-state index >= 15 is 0 Å². The van der Waals surface area contributed by atoms with E-state index in [1.165, 1.54) is 32.1 Å². The largest absolute Gasteiger partial charge is 0.464 e. The number of hydrogen-bond acceptors (Lipinski definition) is 4. The van der Waals surface area contributed by atoms with Crippen LogP contribution in [0.2, 0.25) is 0 Å². The van der Waals surface area contributed by atoms with Crippen molar-refractivity contribution in [1.82, 2.24) is 5.32 Å². The maximum Gasteiger partial charge on any atom is 0.407 e. The molecular weight excluding hydrogens is 306 g/mol. The van der Waals surface area contributed by atoms with E-state index < -0.39 is 12.1 Å². The van der Waals surface area contributed by atoms with Gasteiger partial charge in [0.15, 0.2) is 0 Å². The number of alkyl carbamates (subject to hydrolysis) is 1. The molecule has 0 aromatic carbocycles. The van der Waals surface area contributed by atoms with Crippen LogP contribution in [0.4, 0.5) is 4.79 Å². The van der Waals surface area contributed by atoms with E-state index in [4.69, 9.17) is 9.47 Å². The Labute approximate surface area is 147 Å². The smallest absolute Gasteiger partial charge is 0.407 e. The average molecular weight is 341 g/mol. The Morgan fingerprint density at radius 2 is 1.62 bits per heavy atom. The summed E-state index contributed by atoms with van der Waals surface area (Å²) in [5.41, 5.74) is 0. The molecule has 1 N–H and O–H groups in total. The first-order chi connectivity index (χ1) is 11.7. The molecule has 0 aliphatic carbocycles. The van der Waals surface area contributed by atoms with Crippen LogP contribution in [-0.2, 0) is 14.3 Å². The van der Waals surface area contributed by atoms with Gasteiger partial charge in [0.1, 0.15) is 6.04 Å². The van der Waals surface area contributed by atoms with Crippen molar-refractivity contribution in [3.05, 3.63) is 12.7 Å². The fourth-order valence-corrected chi connectivity index (χ4v) is 2.29. The van der Waals surface area contributed by atoms with E-state index in [-0.39, 0.29) is 12.6 Å². The number of carbonyl (C=O) groups is 2. The Bertz CT molecular complexity index is 344. The summed E-state index contributed by atoms with van der Waals surface area (Å²) in [5.74, 6) is -0.372. The maximum absolute atomic E-state index is 12.1. The summed E-state index contributed by atoms with van der Waals surface area (Å²) in [6, 6.07) is -0.629. The minimum atomic E-state index is -0.629. The molecule has 1 atom stereocenters. The molecule has 1 amide bonds. The lowest BCUT2D eigenvalue weighted by Gasteiger charge is -2.16. The molecule has 0 unspecified atom stereocenters. The monoisotopic (exact) mass is 341 g/mol. The second-order valence-corrected chi connectivity index (χ2v) is 5.99. The molecule has 24 heavy (non-hydrogen) atoms. The van der Waals surface area contributed by atoms with Gasteiger partial charge in [-0.1, -0.05) is 64.9 Å². The normalized spacial score (nSPS) is 11.6. The van der Waals surface area contributed by atoms with E-state index in [1.807, 2.05) is 6.92 Å². The van der Waals surface area contributed by atoms with Gasteiger partial charge in [0.25, 0.3) is 0 Å². The minimum absolute atomic E-state index is 0.265. The van der Waals surface area contributed by atoms with Crippen LogP contribution >= 0.6 is 0 Å². The highest BCUT2D eigenvalue weighted by molar-refractivity contribution is 5.81. The van der Waals surface area contributed by atoms with Gasteiger partial charge in [0.2, 0.25) is 0 Å². The zero-order valence-electron chi connectivity index (χ0n) is 15.5. The molecule has 0 fully saturated rings. The van der Waals surface area contributed by atoms with Crippen molar-refractivity contribution >= 4 is 12.1 Å². The van der Waals surface area contributed by atoms with Gasteiger partial charge in [-0.15, -0.1) is 6.58 Å². The lowest BCUT2D eigenvalue weighted by molar-refractivity contribution is -0.146. The van der Waals surface area contributed by atoms with Gasteiger partial charge >= 0.3 is 12.1 Å². The molecule has 0 aromatic heterocycles. The molecule has 5 nitrogen and oxygen atoms in total. The summed E-state index contributed by atoms with van der Waals surface area (Å²) in [6.07, 6.45) is 11.2. The number of esters is 1. The first-order valence-corrected chi connectivity index (χ1v) is 9.36. The molecule has 0 radical (unpaired) electrons. The van der Waals surface area contributed by atoms with Crippen molar-refractivity contribution in [2.45, 2.75) is 84.1 Å². The molecule has 0 rings (SSSR count). The number of amides is 1. The van der Waals surface area contributed by atoms with E-state index in [2.05, 4.69) is 18.8 Å². The molecule has 0 saturated carbocycles. The highest BCUT2D eigenvalue weighted by Gasteiger charge is 2.21. The summed E-state index contributed by atoms with van der Waals surface area (Å²) in [4.78, 5) is 23.7. The van der Waals surface area contributed by atoms with Crippen molar-refractivity contribution in [3.63, 3.8) is 0 Å². The Hall–Kier alpha value is -1.52. The van der Waals surface area contributed by atoms with Crippen LogP contribution < -0.4 is 5.32 Å². The molecular formula is C19H35NO4. The van der Waals surface area contributed by atoms with Crippen LogP contribution in [0.25, 0.3) is 0 Å². The first kappa shape index (κ1) is 22.5. The fraction of sp³-hybridized carbons (Fsp3) is 0.789. The average Bonchev–Trinajstić information content (AvgIpc) is 2.57. The van der Waals surface area contributed by atoms with E-state index in [9.17, 15) is 9.59 Å². The van der Waals surface area contributed by atoms with Crippen molar-refractivity contribution in [2.24, 2.45) is 0 Å². The topological polar surface area (TPSA) is 64.6 Å². The predicted octanol–water partition coefficient (Wildman–Crippen LogP) is 4.75. The van der Waals surface area contributed by atoms with Crippen LogP contribution in [-0.4, -0.2) is 31.3 Å². The lowest BCUT2D eigenvalue weighted by atomic mass is 10.1. The molecule has 0 spiro atoms. The molecule has 0 aliphatic heterocycles. The Balaban J connectivity index is 3.90. The zero-order chi connectivity index (χ0) is 18.0. The van der Waals surface area contributed by atoms with Crippen LogP contribution in [0.5, 0.6) is 0 Å². The van der Waals surface area contributed by atoms with Crippen LogP contribution in [0.15, 0.2) is 12.7 Å². The van der Waals surface area contributed by atoms with E-state index in [1.54, 1.807) is 6.08 Å². The van der Waals surface area contributed by atoms with Gasteiger partial charge in [-0.3, -0.25) is 0 Å². The van der Waals surface area contributed by atoms with Gasteiger partial charge in [-0.2, -0.15) is 0 Å². The number of rotatable bonds is 15. The predicted molar refractivity (Wildman–Crippen MR) is 96.9 cm³/mol. The molecule has 5 heteroatoms. The SMILES string of the molecule is C=CCCOC(=O)N[C@@H](CCC)C(=O)OCCCCCCCCC. The Morgan fingerprint density at radius 1 is 0.958 bits per heavy atom. The maximum atomic E-state index is 12.1. The third-order valence-corrected chi connectivity index (χ3v) is 3.70. The summed E-state index contributed by atoms with van der Waals surface area (Å²) in [7, 11) is 0. The van der Waals surface area contributed by atoms with E-state index in [0.717, 1.165) is 19.3 Å². The number of nitrogens with one attached hydrogen (secondary N) is 1. The summed E-state index contributed by atoms with van der Waals surface area (Å²) >= 11 is 0. The van der Waals surface area contributed by atoms with Crippen LogP contribution in [0.3, 0.4) is 0 Å². The number of hydrogen-bond donors (Lipinski definition) is 1. The van der Waals surface area contributed by atoms with Crippen molar-refractivity contribution in [2.75, 3.05) is 13.2 Å². The van der Waals surface area contributed by atoms with Crippen molar-refractivity contribution < 1.29 is 19.1 Å². The number of unbranched alkanes of at least 4 members (excludes halogenated alkanes) is 6. The molecule has 0 bridgehead atoms. The lowest BCUT2D eigenvalue weighted by Crippen LogP contribution is -2.42. The highest BCUT2D eigenvalue weighted by Crippen LogP contribution is 2.07.